The number of hydrogen-bond acceptors (Lipinski definition) is 5. The molecule has 0 N–H and O–H groups in total. The second kappa shape index (κ2) is 9.74. The van der Waals surface area contributed by atoms with Crippen LogP contribution < -0.4 is 19.1 Å². The Morgan fingerprint density at radius 1 is 1.23 bits per heavy atom. The molecule has 1 aliphatic heterocycles. The molecule has 1 aliphatic rings. The quantitative estimate of drug-likeness (QED) is 0.413. The molecule has 1 heterocycles. The summed E-state index contributed by atoms with van der Waals surface area (Å²) >= 11 is 8.80. The number of aliphatic imine (C=N–C) groups is 1. The van der Waals surface area contributed by atoms with E-state index in [-0.39, 0.29) is 24.0 Å². The first-order valence-electron chi connectivity index (χ1n) is 9.10. The summed E-state index contributed by atoms with van der Waals surface area (Å²) in [7, 11) is 1.54. The number of hydrogen-bond donors (Lipinski definition) is 0. The minimum atomic E-state index is -0.257. The molecule has 0 bridgehead atoms. The van der Waals surface area contributed by atoms with Crippen LogP contribution in [0.2, 0.25) is 0 Å². The molecule has 154 valence electrons. The molecule has 0 saturated heterocycles. The van der Waals surface area contributed by atoms with Gasteiger partial charge in [0.2, 0.25) is 5.11 Å². The number of anilines is 1. The molecule has 0 fully saturated rings. The third kappa shape index (κ3) is 4.64. The Bertz CT molecular complexity index is 1040. The first-order chi connectivity index (χ1) is 14.5. The third-order valence-corrected chi connectivity index (χ3v) is 5.10. The lowest BCUT2D eigenvalue weighted by Crippen LogP contribution is -2.33. The SMILES string of the molecule is C#CCOc1c(Br)cc(CC2=NC(=S)N(c3ccc(OCC)cc3)C2=O)cc1OC. The predicted molar refractivity (Wildman–Crippen MR) is 124 cm³/mol. The lowest BCUT2D eigenvalue weighted by Gasteiger charge is -2.16. The first-order valence-corrected chi connectivity index (χ1v) is 10.3. The van der Waals surface area contributed by atoms with Crippen LogP contribution >= 0.6 is 28.1 Å². The van der Waals surface area contributed by atoms with E-state index in [2.05, 4.69) is 26.8 Å². The Balaban J connectivity index is 1.80. The second-order valence-corrected chi connectivity index (χ2v) is 7.41. The van der Waals surface area contributed by atoms with Gasteiger partial charge in [-0.05, 0) is 77.0 Å². The molecule has 1 amide bonds. The smallest absolute Gasteiger partial charge is 0.279 e. The van der Waals surface area contributed by atoms with Gasteiger partial charge >= 0.3 is 0 Å². The number of carbonyl (C=O) groups excluding carboxylic acids is 1. The fourth-order valence-electron chi connectivity index (χ4n) is 2.95. The van der Waals surface area contributed by atoms with Crippen LogP contribution in [-0.2, 0) is 11.2 Å². The number of methoxy groups -OCH3 is 1. The Kier molecular flexibility index (Phi) is 7.08. The molecule has 0 aliphatic carbocycles. The average Bonchev–Trinajstić information content (AvgIpc) is 3.00. The highest BCUT2D eigenvalue weighted by Gasteiger charge is 2.32. The largest absolute Gasteiger partial charge is 0.494 e. The van der Waals surface area contributed by atoms with Crippen LogP contribution in [0.25, 0.3) is 0 Å². The van der Waals surface area contributed by atoms with Crippen molar-refractivity contribution in [2.45, 2.75) is 13.3 Å². The molecule has 3 rings (SSSR count). The molecule has 0 atom stereocenters. The van der Waals surface area contributed by atoms with Crippen molar-refractivity contribution in [3.63, 3.8) is 0 Å². The summed E-state index contributed by atoms with van der Waals surface area (Å²) < 4.78 is 17.0. The van der Waals surface area contributed by atoms with Crippen molar-refractivity contribution >= 4 is 50.6 Å². The van der Waals surface area contributed by atoms with Crippen LogP contribution in [0, 0.1) is 12.3 Å². The van der Waals surface area contributed by atoms with Crippen LogP contribution in [0.4, 0.5) is 5.69 Å². The summed E-state index contributed by atoms with van der Waals surface area (Å²) in [6, 6.07) is 10.8. The van der Waals surface area contributed by atoms with Crippen molar-refractivity contribution in [3.8, 4) is 29.6 Å². The molecule has 30 heavy (non-hydrogen) atoms. The number of nitrogens with zero attached hydrogens (tertiary/aromatic N) is 2. The average molecular weight is 487 g/mol. The van der Waals surface area contributed by atoms with E-state index in [9.17, 15) is 4.79 Å². The molecular weight excluding hydrogens is 468 g/mol. The monoisotopic (exact) mass is 486 g/mol. The third-order valence-electron chi connectivity index (χ3n) is 4.24. The maximum absolute atomic E-state index is 13.0. The van der Waals surface area contributed by atoms with Crippen molar-refractivity contribution in [1.82, 2.24) is 0 Å². The van der Waals surface area contributed by atoms with Crippen molar-refractivity contribution in [2.75, 3.05) is 25.2 Å². The summed E-state index contributed by atoms with van der Waals surface area (Å²) in [6.07, 6.45) is 5.55. The van der Waals surface area contributed by atoms with E-state index in [1.165, 1.54) is 12.0 Å². The standard InChI is InChI=1S/C22H19BrN2O4S/c1-4-10-29-20-17(23)11-14(13-19(20)27-3)12-18-21(26)25(22(30)24-18)15-6-8-16(9-7-15)28-5-2/h1,6-9,11,13H,5,10,12H2,2-3H3. The number of rotatable bonds is 8. The van der Waals surface area contributed by atoms with Gasteiger partial charge in [0.05, 0.1) is 23.9 Å². The molecule has 0 unspecified atom stereocenters. The minimum Gasteiger partial charge on any atom is -0.494 e. The van der Waals surface area contributed by atoms with E-state index < -0.39 is 0 Å². The normalized spacial score (nSPS) is 13.1. The molecule has 0 aromatic heterocycles. The van der Waals surface area contributed by atoms with Crippen LogP contribution in [0.5, 0.6) is 17.2 Å². The zero-order valence-electron chi connectivity index (χ0n) is 16.5. The van der Waals surface area contributed by atoms with Crippen LogP contribution in [0.3, 0.4) is 0 Å². The number of amides is 1. The number of carbonyl (C=O) groups is 1. The molecule has 0 radical (unpaired) electrons. The Hall–Kier alpha value is -2.89. The summed E-state index contributed by atoms with van der Waals surface area (Å²) in [5.74, 6) is 3.90. The molecule has 2 aromatic carbocycles. The van der Waals surface area contributed by atoms with Gasteiger partial charge in [-0.2, -0.15) is 0 Å². The summed E-state index contributed by atoms with van der Waals surface area (Å²) in [4.78, 5) is 18.7. The van der Waals surface area contributed by atoms with Crippen LogP contribution in [-0.4, -0.2) is 37.1 Å². The topological polar surface area (TPSA) is 60.4 Å². The van der Waals surface area contributed by atoms with E-state index in [0.29, 0.717) is 34.0 Å². The van der Waals surface area contributed by atoms with Crippen LogP contribution in [0.15, 0.2) is 45.9 Å². The molecule has 6 nitrogen and oxygen atoms in total. The van der Waals surface area contributed by atoms with Gasteiger partial charge < -0.3 is 14.2 Å². The zero-order valence-corrected chi connectivity index (χ0v) is 18.9. The van der Waals surface area contributed by atoms with Gasteiger partial charge in [0.1, 0.15) is 18.1 Å². The number of benzene rings is 2. The summed E-state index contributed by atoms with van der Waals surface area (Å²) in [5.41, 5.74) is 1.80. The van der Waals surface area contributed by atoms with E-state index in [1.54, 1.807) is 30.3 Å². The lowest BCUT2D eigenvalue weighted by molar-refractivity contribution is -0.111. The van der Waals surface area contributed by atoms with E-state index in [0.717, 1.165) is 11.3 Å². The highest BCUT2D eigenvalue weighted by Crippen LogP contribution is 2.37. The Morgan fingerprint density at radius 3 is 2.60 bits per heavy atom. The van der Waals surface area contributed by atoms with E-state index >= 15 is 0 Å². The summed E-state index contributed by atoms with van der Waals surface area (Å²) in [6.45, 7) is 2.60. The zero-order chi connectivity index (χ0) is 21.7. The van der Waals surface area contributed by atoms with E-state index in [1.807, 2.05) is 13.0 Å². The van der Waals surface area contributed by atoms with Gasteiger partial charge in [0.15, 0.2) is 11.5 Å². The fourth-order valence-corrected chi connectivity index (χ4v) is 3.86. The van der Waals surface area contributed by atoms with Gasteiger partial charge in [-0.15, -0.1) is 6.42 Å². The van der Waals surface area contributed by atoms with Crippen molar-refractivity contribution < 1.29 is 19.0 Å². The predicted octanol–water partition coefficient (Wildman–Crippen LogP) is 4.18. The number of halogens is 1. The fraction of sp³-hybridized carbons (Fsp3) is 0.227. The Morgan fingerprint density at radius 2 is 1.97 bits per heavy atom. The van der Waals surface area contributed by atoms with Gasteiger partial charge in [0, 0.05) is 6.42 Å². The van der Waals surface area contributed by atoms with Crippen LogP contribution in [0.1, 0.15) is 12.5 Å². The van der Waals surface area contributed by atoms with E-state index in [4.69, 9.17) is 32.9 Å². The van der Waals surface area contributed by atoms with Crippen molar-refractivity contribution in [1.29, 1.82) is 0 Å². The van der Waals surface area contributed by atoms with Gasteiger partial charge in [0.25, 0.3) is 5.91 Å². The molecule has 2 aromatic rings. The second-order valence-electron chi connectivity index (χ2n) is 6.19. The summed E-state index contributed by atoms with van der Waals surface area (Å²) in [5, 5.41) is 0.208. The van der Waals surface area contributed by atoms with Crippen molar-refractivity contribution in [3.05, 3.63) is 46.4 Å². The maximum atomic E-state index is 13.0. The highest BCUT2D eigenvalue weighted by atomic mass is 79.9. The van der Waals surface area contributed by atoms with Crippen molar-refractivity contribution in [2.24, 2.45) is 4.99 Å². The molecule has 0 spiro atoms. The number of thiocarbonyl (C=S) groups is 1. The molecule has 8 heteroatoms. The minimum absolute atomic E-state index is 0.116. The lowest BCUT2D eigenvalue weighted by atomic mass is 10.1. The Labute approximate surface area is 189 Å². The van der Waals surface area contributed by atoms with Gasteiger partial charge in [-0.1, -0.05) is 5.92 Å². The number of ether oxygens (including phenoxy) is 3. The molecular formula is C22H19BrN2O4S. The molecule has 0 saturated carbocycles. The maximum Gasteiger partial charge on any atom is 0.279 e. The first kappa shape index (κ1) is 21.8. The highest BCUT2D eigenvalue weighted by molar-refractivity contribution is 9.10. The van der Waals surface area contributed by atoms with Gasteiger partial charge in [-0.25, -0.2) is 4.99 Å². The van der Waals surface area contributed by atoms with Gasteiger partial charge in [-0.3, -0.25) is 9.69 Å². The number of terminal acetylenes is 1.